The smallest absolute Gasteiger partial charge is 0.550 e. The van der Waals surface area contributed by atoms with Crippen LogP contribution in [0.1, 0.15) is 96.8 Å². The summed E-state index contributed by atoms with van der Waals surface area (Å²) in [5.74, 6) is -2.65. The van der Waals surface area contributed by atoms with Crippen molar-refractivity contribution in [2.24, 2.45) is 0 Å². The molecule has 0 unspecified atom stereocenters. The van der Waals surface area contributed by atoms with Crippen molar-refractivity contribution in [2.45, 2.75) is 96.8 Å². The van der Waals surface area contributed by atoms with E-state index in [0.29, 0.717) is 6.42 Å². The molecule has 0 rings (SSSR count). The van der Waals surface area contributed by atoms with Gasteiger partial charge in [0.2, 0.25) is 0 Å². The zero-order valence-electron chi connectivity index (χ0n) is 16.5. The average Bonchev–Trinajstić information content (AvgIpc) is 2.53. The van der Waals surface area contributed by atoms with Gasteiger partial charge in [-0.1, -0.05) is 77.6 Å². The Kier molecular flexibility index (Phi) is 19.7. The first kappa shape index (κ1) is 28.1. The van der Waals surface area contributed by atoms with Gasteiger partial charge in [0.25, 0.3) is 0 Å². The van der Waals surface area contributed by atoms with Gasteiger partial charge in [-0.25, -0.2) is 0 Å². The molecule has 0 bridgehead atoms. The fourth-order valence-electron chi connectivity index (χ4n) is 2.55. The molecular weight excluding hydrogens is 367 g/mol. The molecule has 0 spiro atoms. The molecule has 148 valence electrons. The number of hydrogen-bond acceptors (Lipinski definition) is 6. The molecule has 0 aromatic heterocycles. The van der Waals surface area contributed by atoms with Crippen LogP contribution in [0.2, 0.25) is 0 Å². The summed E-state index contributed by atoms with van der Waals surface area (Å²) < 4.78 is 27.5. The summed E-state index contributed by atoms with van der Waals surface area (Å²) >= 11 is 0. The maximum Gasteiger partial charge on any atom is 1.00 e. The second-order valence-corrected chi connectivity index (χ2v) is 8.17. The zero-order chi connectivity index (χ0) is 19.0. The Labute approximate surface area is 180 Å². The summed E-state index contributed by atoms with van der Waals surface area (Å²) in [5.41, 5.74) is 0. The van der Waals surface area contributed by atoms with Crippen molar-refractivity contribution in [1.82, 2.24) is 0 Å². The van der Waals surface area contributed by atoms with Gasteiger partial charge in [-0.3, -0.25) is 4.79 Å². The minimum absolute atomic E-state index is 0. The van der Waals surface area contributed by atoms with Crippen LogP contribution in [0.15, 0.2) is 0 Å². The molecule has 0 fully saturated rings. The standard InChI is InChI=1S/C18H34O6S.Na/c1-2-3-4-5-6-7-8-9-10-11-12-13-16-25(22,23)24-18(21)15-14-17(19)20;/h2-16H2,1H3,(H,19,20);/q;+1/p-1. The largest absolute Gasteiger partial charge is 1.00 e. The van der Waals surface area contributed by atoms with Crippen LogP contribution in [0.25, 0.3) is 0 Å². The molecule has 0 saturated carbocycles. The monoisotopic (exact) mass is 400 g/mol. The van der Waals surface area contributed by atoms with Crippen molar-refractivity contribution in [3.8, 4) is 0 Å². The number of carbonyl (C=O) groups is 2. The van der Waals surface area contributed by atoms with Gasteiger partial charge in [0.1, 0.15) is 0 Å². The number of carboxylic acids is 1. The van der Waals surface area contributed by atoms with E-state index < -0.39 is 34.9 Å². The van der Waals surface area contributed by atoms with E-state index in [9.17, 15) is 23.1 Å². The minimum atomic E-state index is -3.90. The number of hydrogen-bond donors (Lipinski definition) is 0. The maximum absolute atomic E-state index is 11.6. The Balaban J connectivity index is 0. The van der Waals surface area contributed by atoms with Crippen LogP contribution in [0.5, 0.6) is 0 Å². The van der Waals surface area contributed by atoms with Crippen LogP contribution in [0.4, 0.5) is 0 Å². The number of rotatable bonds is 17. The molecule has 0 heterocycles. The second-order valence-electron chi connectivity index (χ2n) is 6.48. The fraction of sp³-hybridized carbons (Fsp3) is 0.889. The van der Waals surface area contributed by atoms with E-state index in [2.05, 4.69) is 11.1 Å². The molecule has 0 atom stereocenters. The quantitative estimate of drug-likeness (QED) is 0.195. The van der Waals surface area contributed by atoms with Gasteiger partial charge in [0.05, 0.1) is 12.2 Å². The van der Waals surface area contributed by atoms with Gasteiger partial charge < -0.3 is 14.1 Å². The first-order chi connectivity index (χ1) is 11.9. The molecule has 0 aliphatic heterocycles. The van der Waals surface area contributed by atoms with Crippen molar-refractivity contribution in [1.29, 1.82) is 0 Å². The van der Waals surface area contributed by atoms with Crippen LogP contribution >= 0.6 is 0 Å². The summed E-state index contributed by atoms with van der Waals surface area (Å²) in [4.78, 5) is 21.4. The first-order valence-electron chi connectivity index (χ1n) is 9.52. The maximum atomic E-state index is 11.6. The predicted molar refractivity (Wildman–Crippen MR) is 95.2 cm³/mol. The number of carboxylic acid groups (broad SMARTS) is 1. The van der Waals surface area contributed by atoms with E-state index in [-0.39, 0.29) is 35.3 Å². The van der Waals surface area contributed by atoms with Crippen molar-refractivity contribution in [3.63, 3.8) is 0 Å². The summed E-state index contributed by atoms with van der Waals surface area (Å²) in [7, 11) is -3.90. The number of unbranched alkanes of at least 4 members (excludes halogenated alkanes) is 11. The first-order valence-corrected chi connectivity index (χ1v) is 11.1. The van der Waals surface area contributed by atoms with Crippen LogP contribution in [0.3, 0.4) is 0 Å². The Morgan fingerprint density at radius 1 is 0.769 bits per heavy atom. The molecule has 0 radical (unpaired) electrons. The van der Waals surface area contributed by atoms with Crippen molar-refractivity contribution in [3.05, 3.63) is 0 Å². The molecular formula is C18H33NaO6S. The Morgan fingerprint density at radius 2 is 1.19 bits per heavy atom. The van der Waals surface area contributed by atoms with Crippen molar-refractivity contribution < 1.29 is 56.9 Å². The normalized spacial score (nSPS) is 11.0. The van der Waals surface area contributed by atoms with Gasteiger partial charge in [-0.2, -0.15) is 8.42 Å². The van der Waals surface area contributed by atoms with Gasteiger partial charge in [-0.15, -0.1) is 0 Å². The van der Waals surface area contributed by atoms with Gasteiger partial charge in [-0.05, 0) is 12.8 Å². The molecule has 0 N–H and O–H groups in total. The molecule has 0 amide bonds. The van der Waals surface area contributed by atoms with Crippen LogP contribution < -0.4 is 34.7 Å². The molecule has 0 aliphatic carbocycles. The number of aliphatic carboxylic acids is 1. The van der Waals surface area contributed by atoms with Gasteiger partial charge in [0.15, 0.2) is 0 Å². The SMILES string of the molecule is CCCCCCCCCCCCCCS(=O)(=O)OC(=O)CCC(=O)[O-].[Na+]. The average molecular weight is 401 g/mol. The van der Waals surface area contributed by atoms with Crippen LogP contribution in [0, 0.1) is 0 Å². The predicted octanol–water partition coefficient (Wildman–Crippen LogP) is 0.0946. The Bertz CT molecular complexity index is 464. The minimum Gasteiger partial charge on any atom is -0.550 e. The summed E-state index contributed by atoms with van der Waals surface area (Å²) in [6.45, 7) is 2.21. The Hall–Kier alpha value is -0.110. The third kappa shape index (κ3) is 20.2. The van der Waals surface area contributed by atoms with Crippen molar-refractivity contribution in [2.75, 3.05) is 5.75 Å². The molecule has 26 heavy (non-hydrogen) atoms. The number of carbonyl (C=O) groups excluding carboxylic acids is 2. The molecule has 8 heteroatoms. The van der Waals surface area contributed by atoms with E-state index in [4.69, 9.17) is 0 Å². The summed E-state index contributed by atoms with van der Waals surface area (Å²) in [5, 5.41) is 10.2. The van der Waals surface area contributed by atoms with Gasteiger partial charge in [0, 0.05) is 5.97 Å². The third-order valence-electron chi connectivity index (χ3n) is 4.00. The van der Waals surface area contributed by atoms with Gasteiger partial charge >= 0.3 is 45.6 Å². The molecule has 0 aliphatic rings. The van der Waals surface area contributed by atoms with E-state index >= 15 is 0 Å². The van der Waals surface area contributed by atoms with Crippen molar-refractivity contribution >= 4 is 22.1 Å². The molecule has 0 saturated heterocycles. The van der Waals surface area contributed by atoms with E-state index in [1.807, 2.05) is 0 Å². The second kappa shape index (κ2) is 18.3. The molecule has 0 aromatic carbocycles. The summed E-state index contributed by atoms with van der Waals surface area (Å²) in [6, 6.07) is 0. The van der Waals surface area contributed by atoms with Crippen LogP contribution in [-0.4, -0.2) is 26.1 Å². The molecule has 0 aromatic rings. The van der Waals surface area contributed by atoms with E-state index in [1.54, 1.807) is 0 Å². The fourth-order valence-corrected chi connectivity index (χ4v) is 3.56. The zero-order valence-corrected chi connectivity index (χ0v) is 19.3. The van der Waals surface area contributed by atoms with Crippen LogP contribution in [-0.2, 0) is 23.9 Å². The summed E-state index contributed by atoms with van der Waals surface area (Å²) in [6.07, 6.45) is 12.6. The topological polar surface area (TPSA) is 101 Å². The molecule has 6 nitrogen and oxygen atoms in total. The van der Waals surface area contributed by atoms with E-state index in [0.717, 1.165) is 19.3 Å². The Morgan fingerprint density at radius 3 is 1.62 bits per heavy atom. The van der Waals surface area contributed by atoms with E-state index in [1.165, 1.54) is 51.4 Å². The third-order valence-corrected chi connectivity index (χ3v) is 5.23.